The molecule has 1 heterocycles. The average Bonchev–Trinajstić information content (AvgIpc) is 2.45. The van der Waals surface area contributed by atoms with Crippen LogP contribution in [-0.2, 0) is 5.75 Å². The van der Waals surface area contributed by atoms with Crippen molar-refractivity contribution in [1.29, 1.82) is 5.41 Å². The first-order valence-corrected chi connectivity index (χ1v) is 6.74. The molecule has 19 heavy (non-hydrogen) atoms. The highest BCUT2D eigenvalue weighted by molar-refractivity contribution is 7.98. The third-order valence-corrected chi connectivity index (χ3v) is 3.60. The van der Waals surface area contributed by atoms with Crippen molar-refractivity contribution in [1.82, 2.24) is 4.98 Å². The number of methoxy groups -OCH3 is 1. The number of hydrogen-bond donors (Lipinski definition) is 2. The van der Waals surface area contributed by atoms with Crippen molar-refractivity contribution in [3.63, 3.8) is 0 Å². The van der Waals surface area contributed by atoms with E-state index in [9.17, 15) is 0 Å². The molecule has 0 unspecified atom stereocenters. The zero-order chi connectivity index (χ0) is 13.7. The third kappa shape index (κ3) is 3.48. The number of pyridine rings is 1. The molecule has 0 aliphatic heterocycles. The number of rotatable bonds is 5. The van der Waals surface area contributed by atoms with Gasteiger partial charge in [-0.2, -0.15) is 0 Å². The Morgan fingerprint density at radius 3 is 2.84 bits per heavy atom. The van der Waals surface area contributed by atoms with Crippen LogP contribution < -0.4 is 10.5 Å². The quantitative estimate of drug-likeness (QED) is 0.499. The minimum absolute atomic E-state index is 0.0146. The fourth-order valence-corrected chi connectivity index (χ4v) is 2.44. The second kappa shape index (κ2) is 6.24. The molecule has 0 radical (unpaired) electrons. The van der Waals surface area contributed by atoms with E-state index in [0.717, 1.165) is 16.3 Å². The first-order valence-electron chi connectivity index (χ1n) is 5.76. The lowest BCUT2D eigenvalue weighted by molar-refractivity contribution is 0.413. The monoisotopic (exact) mass is 273 g/mol. The van der Waals surface area contributed by atoms with Crippen LogP contribution >= 0.6 is 11.8 Å². The number of amidine groups is 1. The second-order valence-electron chi connectivity index (χ2n) is 3.90. The first-order chi connectivity index (χ1) is 9.20. The Kier molecular flexibility index (Phi) is 4.41. The topological polar surface area (TPSA) is 72.0 Å². The van der Waals surface area contributed by atoms with Gasteiger partial charge in [0.05, 0.1) is 17.7 Å². The van der Waals surface area contributed by atoms with Crippen LogP contribution in [0.1, 0.15) is 11.1 Å². The van der Waals surface area contributed by atoms with Crippen LogP contribution in [0.25, 0.3) is 0 Å². The molecular weight excluding hydrogens is 258 g/mol. The number of nitrogens with two attached hydrogens (primary N) is 1. The lowest BCUT2D eigenvalue weighted by Gasteiger charge is -2.09. The van der Waals surface area contributed by atoms with Crippen LogP contribution in [0.4, 0.5) is 0 Å². The number of nitrogens with one attached hydrogen (secondary N) is 1. The summed E-state index contributed by atoms with van der Waals surface area (Å²) in [6.45, 7) is 0. The highest BCUT2D eigenvalue weighted by Crippen LogP contribution is 2.25. The Bertz CT molecular complexity index is 572. The summed E-state index contributed by atoms with van der Waals surface area (Å²) < 4.78 is 5.25. The lowest BCUT2D eigenvalue weighted by atomic mass is 10.1. The largest absolute Gasteiger partial charge is 0.496 e. The molecule has 2 rings (SSSR count). The minimum Gasteiger partial charge on any atom is -0.496 e. The van der Waals surface area contributed by atoms with Crippen molar-refractivity contribution in [2.45, 2.75) is 10.8 Å². The second-order valence-corrected chi connectivity index (χ2v) is 4.90. The van der Waals surface area contributed by atoms with Gasteiger partial charge in [0.15, 0.2) is 0 Å². The van der Waals surface area contributed by atoms with Crippen LogP contribution in [0.15, 0.2) is 47.6 Å². The smallest absolute Gasteiger partial charge is 0.130 e. The van der Waals surface area contributed by atoms with Gasteiger partial charge in [-0.25, -0.2) is 4.98 Å². The fraction of sp³-hybridized carbons (Fsp3) is 0.143. The van der Waals surface area contributed by atoms with Crippen LogP contribution in [-0.4, -0.2) is 17.9 Å². The van der Waals surface area contributed by atoms with E-state index in [2.05, 4.69) is 4.98 Å². The predicted octanol–water partition coefficient (Wildman–Crippen LogP) is 2.67. The van der Waals surface area contributed by atoms with E-state index in [1.807, 2.05) is 36.4 Å². The van der Waals surface area contributed by atoms with Gasteiger partial charge in [-0.15, -0.1) is 11.8 Å². The maximum atomic E-state index is 7.47. The van der Waals surface area contributed by atoms with E-state index >= 15 is 0 Å². The average molecular weight is 273 g/mol. The summed E-state index contributed by atoms with van der Waals surface area (Å²) in [4.78, 5) is 4.26. The van der Waals surface area contributed by atoms with E-state index in [-0.39, 0.29) is 5.84 Å². The Morgan fingerprint density at radius 1 is 1.37 bits per heavy atom. The van der Waals surface area contributed by atoms with Gasteiger partial charge in [0, 0.05) is 11.9 Å². The van der Waals surface area contributed by atoms with Crippen LogP contribution in [0.5, 0.6) is 5.75 Å². The summed E-state index contributed by atoms with van der Waals surface area (Å²) in [6, 6.07) is 11.5. The van der Waals surface area contributed by atoms with Gasteiger partial charge in [-0.1, -0.05) is 12.1 Å². The lowest BCUT2D eigenvalue weighted by Crippen LogP contribution is -2.12. The molecule has 1 aromatic heterocycles. The van der Waals surface area contributed by atoms with Crippen molar-refractivity contribution in [3.05, 3.63) is 53.7 Å². The molecule has 0 spiro atoms. The van der Waals surface area contributed by atoms with Gasteiger partial charge in [-0.3, -0.25) is 5.41 Å². The van der Waals surface area contributed by atoms with Gasteiger partial charge in [0.25, 0.3) is 0 Å². The van der Waals surface area contributed by atoms with Crippen molar-refractivity contribution < 1.29 is 4.74 Å². The van der Waals surface area contributed by atoms with E-state index in [0.29, 0.717) is 11.3 Å². The molecule has 4 nitrogen and oxygen atoms in total. The molecule has 0 atom stereocenters. The van der Waals surface area contributed by atoms with Crippen molar-refractivity contribution in [2.24, 2.45) is 5.73 Å². The van der Waals surface area contributed by atoms with Gasteiger partial charge >= 0.3 is 0 Å². The standard InChI is InChI=1S/C14H15N3OS/c1-18-12-8-10(5-6-11(12)14(15)16)9-19-13-4-2-3-7-17-13/h2-8H,9H2,1H3,(H3,15,16). The van der Waals surface area contributed by atoms with Crippen molar-refractivity contribution in [2.75, 3.05) is 7.11 Å². The predicted molar refractivity (Wildman–Crippen MR) is 77.8 cm³/mol. The molecule has 0 saturated carbocycles. The summed E-state index contributed by atoms with van der Waals surface area (Å²) in [6.07, 6.45) is 1.78. The van der Waals surface area contributed by atoms with Crippen molar-refractivity contribution in [3.8, 4) is 5.75 Å². The molecule has 0 fully saturated rings. The normalized spacial score (nSPS) is 10.2. The summed E-state index contributed by atoms with van der Waals surface area (Å²) >= 11 is 1.66. The van der Waals surface area contributed by atoms with E-state index in [4.69, 9.17) is 15.9 Å². The van der Waals surface area contributed by atoms with Crippen LogP contribution in [0, 0.1) is 5.41 Å². The molecule has 2 aromatic rings. The molecule has 0 aliphatic carbocycles. The summed E-state index contributed by atoms with van der Waals surface area (Å²) in [5, 5.41) is 8.45. The molecule has 0 bridgehead atoms. The molecule has 5 heteroatoms. The van der Waals surface area contributed by atoms with Gasteiger partial charge in [0.2, 0.25) is 0 Å². The highest BCUT2D eigenvalue weighted by atomic mass is 32.2. The Balaban J connectivity index is 2.11. The van der Waals surface area contributed by atoms with E-state index in [1.165, 1.54) is 0 Å². The first kappa shape index (κ1) is 13.4. The molecule has 3 N–H and O–H groups in total. The maximum Gasteiger partial charge on any atom is 0.130 e. The summed E-state index contributed by atoms with van der Waals surface area (Å²) in [5.41, 5.74) is 7.22. The number of benzene rings is 1. The number of nitrogen functional groups attached to an aromatic ring is 1. The zero-order valence-corrected chi connectivity index (χ0v) is 11.4. The summed E-state index contributed by atoms with van der Waals surface area (Å²) in [5.74, 6) is 1.44. The molecule has 1 aromatic carbocycles. The molecule has 98 valence electrons. The molecular formula is C14H15N3OS. The van der Waals surface area contributed by atoms with Gasteiger partial charge < -0.3 is 10.5 Å². The maximum absolute atomic E-state index is 7.47. The molecule has 0 amide bonds. The summed E-state index contributed by atoms with van der Waals surface area (Å²) in [7, 11) is 1.58. The SMILES string of the molecule is COc1cc(CSc2ccccn2)ccc1C(=N)N. The van der Waals surface area contributed by atoms with E-state index < -0.39 is 0 Å². The zero-order valence-electron chi connectivity index (χ0n) is 10.6. The minimum atomic E-state index is 0.0146. The van der Waals surface area contributed by atoms with Gasteiger partial charge in [0.1, 0.15) is 11.6 Å². The number of thioether (sulfide) groups is 1. The fourth-order valence-electron chi connectivity index (χ4n) is 1.64. The highest BCUT2D eigenvalue weighted by Gasteiger charge is 2.07. The van der Waals surface area contributed by atoms with E-state index in [1.54, 1.807) is 25.1 Å². The Labute approximate surface area is 116 Å². The van der Waals surface area contributed by atoms with Crippen molar-refractivity contribution >= 4 is 17.6 Å². The van der Waals surface area contributed by atoms with Gasteiger partial charge in [-0.05, 0) is 29.8 Å². The molecule has 0 saturated heterocycles. The Morgan fingerprint density at radius 2 is 2.21 bits per heavy atom. The third-order valence-electron chi connectivity index (χ3n) is 2.58. The number of aromatic nitrogens is 1. The van der Waals surface area contributed by atoms with Crippen LogP contribution in [0.3, 0.4) is 0 Å². The van der Waals surface area contributed by atoms with Crippen LogP contribution in [0.2, 0.25) is 0 Å². The number of nitrogens with zero attached hydrogens (tertiary/aromatic N) is 1. The molecule has 0 aliphatic rings. The Hall–Kier alpha value is -2.01. The number of hydrogen-bond acceptors (Lipinski definition) is 4. The number of ether oxygens (including phenoxy) is 1.